The minimum absolute atomic E-state index is 0.0365. The first-order chi connectivity index (χ1) is 9.67. The summed E-state index contributed by atoms with van der Waals surface area (Å²) in [5.74, 6) is -0.268. The van der Waals surface area contributed by atoms with Gasteiger partial charge >= 0.3 is 5.97 Å². The molecule has 0 aromatic carbocycles. The van der Waals surface area contributed by atoms with E-state index in [0.29, 0.717) is 17.9 Å². The second-order valence-corrected chi connectivity index (χ2v) is 4.59. The standard InChI is InChI=1S/C9H8IN7O3/c10-17-8-6(4-13-17)5(3-7(14-8)15-19)9(18)20-2-1-12-16-11/h3,13H,1-2,4H2. The van der Waals surface area contributed by atoms with Gasteiger partial charge in [-0.25, -0.2) is 18.4 Å². The van der Waals surface area contributed by atoms with Gasteiger partial charge < -0.3 is 4.74 Å². The van der Waals surface area contributed by atoms with Crippen LogP contribution in [0, 0.1) is 4.91 Å². The van der Waals surface area contributed by atoms with Gasteiger partial charge in [-0.2, -0.15) is 0 Å². The molecule has 0 radical (unpaired) electrons. The molecule has 0 aliphatic carbocycles. The van der Waals surface area contributed by atoms with Gasteiger partial charge in [-0.3, -0.25) is 0 Å². The number of pyridine rings is 1. The first-order valence-electron chi connectivity index (χ1n) is 5.42. The highest BCUT2D eigenvalue weighted by Crippen LogP contribution is 2.31. The molecule has 0 amide bonds. The molecular formula is C9H8IN7O3. The van der Waals surface area contributed by atoms with Crippen molar-refractivity contribution in [2.45, 2.75) is 6.54 Å². The largest absolute Gasteiger partial charge is 0.462 e. The molecule has 0 saturated heterocycles. The van der Waals surface area contributed by atoms with E-state index in [0.717, 1.165) is 0 Å². The number of carbonyl (C=O) groups excluding carboxylic acids is 1. The van der Waals surface area contributed by atoms with E-state index in [1.54, 1.807) is 3.22 Å². The van der Waals surface area contributed by atoms with Gasteiger partial charge in [-0.15, -0.1) is 4.91 Å². The summed E-state index contributed by atoms with van der Waals surface area (Å²) in [4.78, 5) is 29.1. The summed E-state index contributed by atoms with van der Waals surface area (Å²) in [6.45, 7) is 0.404. The van der Waals surface area contributed by atoms with Crippen molar-refractivity contribution in [1.29, 1.82) is 0 Å². The maximum Gasteiger partial charge on any atom is 0.338 e. The van der Waals surface area contributed by atoms with E-state index < -0.39 is 5.97 Å². The maximum absolute atomic E-state index is 12.0. The van der Waals surface area contributed by atoms with Crippen LogP contribution in [0.5, 0.6) is 0 Å². The number of halogens is 1. The van der Waals surface area contributed by atoms with Crippen LogP contribution in [0.2, 0.25) is 0 Å². The fraction of sp³-hybridized carbons (Fsp3) is 0.333. The molecule has 1 aliphatic heterocycles. The fourth-order valence-corrected chi connectivity index (χ4v) is 2.21. The summed E-state index contributed by atoms with van der Waals surface area (Å²) in [7, 11) is 0. The monoisotopic (exact) mass is 389 g/mol. The van der Waals surface area contributed by atoms with E-state index in [1.165, 1.54) is 6.07 Å². The lowest BCUT2D eigenvalue weighted by molar-refractivity contribution is 0.0516. The fourth-order valence-electron chi connectivity index (χ4n) is 1.64. The minimum Gasteiger partial charge on any atom is -0.462 e. The normalized spacial score (nSPS) is 12.6. The molecule has 0 fully saturated rings. The number of anilines is 1. The van der Waals surface area contributed by atoms with Crippen molar-refractivity contribution in [3.8, 4) is 0 Å². The number of rotatable bonds is 5. The Bertz CT molecular complexity index is 601. The topological polar surface area (TPSA) is 133 Å². The summed E-state index contributed by atoms with van der Waals surface area (Å²) in [5, 5.41) is 6.00. The van der Waals surface area contributed by atoms with E-state index in [-0.39, 0.29) is 24.5 Å². The van der Waals surface area contributed by atoms with E-state index in [4.69, 9.17) is 10.3 Å². The number of aromatic nitrogens is 1. The molecule has 1 N–H and O–H groups in total. The molecule has 2 heterocycles. The number of hydrogen-bond donors (Lipinski definition) is 1. The molecule has 0 saturated carbocycles. The number of esters is 1. The lowest BCUT2D eigenvalue weighted by Gasteiger charge is -2.09. The minimum atomic E-state index is -0.616. The third-order valence-corrected chi connectivity index (χ3v) is 3.27. The van der Waals surface area contributed by atoms with Crippen LogP contribution in [-0.2, 0) is 11.3 Å². The third kappa shape index (κ3) is 2.95. The van der Waals surface area contributed by atoms with E-state index in [1.807, 2.05) is 22.9 Å². The summed E-state index contributed by atoms with van der Waals surface area (Å²) >= 11 is 1.94. The lowest BCUT2D eigenvalue weighted by atomic mass is 10.1. The van der Waals surface area contributed by atoms with Crippen LogP contribution in [0.3, 0.4) is 0 Å². The zero-order chi connectivity index (χ0) is 14.5. The van der Waals surface area contributed by atoms with E-state index >= 15 is 0 Å². The quantitative estimate of drug-likeness (QED) is 0.120. The van der Waals surface area contributed by atoms with Gasteiger partial charge in [0, 0.05) is 23.1 Å². The Kier molecular flexibility index (Phi) is 4.65. The average Bonchev–Trinajstić information content (AvgIpc) is 2.84. The van der Waals surface area contributed by atoms with Crippen LogP contribution in [0.15, 0.2) is 16.4 Å². The molecular weight excluding hydrogens is 381 g/mol. The predicted octanol–water partition coefficient (Wildman–Crippen LogP) is 2.12. The predicted molar refractivity (Wildman–Crippen MR) is 77.3 cm³/mol. The highest BCUT2D eigenvalue weighted by Gasteiger charge is 2.27. The summed E-state index contributed by atoms with van der Waals surface area (Å²) in [5.41, 5.74) is 11.9. The van der Waals surface area contributed by atoms with Gasteiger partial charge in [0.25, 0.3) is 0 Å². The molecule has 104 valence electrons. The molecule has 1 aromatic rings. The number of ether oxygens (including phenoxy) is 1. The van der Waals surface area contributed by atoms with Crippen molar-refractivity contribution < 1.29 is 9.53 Å². The Morgan fingerprint density at radius 2 is 2.50 bits per heavy atom. The molecule has 20 heavy (non-hydrogen) atoms. The molecule has 1 aliphatic rings. The molecule has 0 spiro atoms. The van der Waals surface area contributed by atoms with Crippen LogP contribution >= 0.6 is 22.9 Å². The van der Waals surface area contributed by atoms with Crippen molar-refractivity contribution >= 4 is 40.5 Å². The number of fused-ring (bicyclic) bond motifs is 1. The van der Waals surface area contributed by atoms with Crippen molar-refractivity contribution in [3.05, 3.63) is 32.5 Å². The average molecular weight is 389 g/mol. The molecule has 0 unspecified atom stereocenters. The van der Waals surface area contributed by atoms with Crippen LogP contribution in [-0.4, -0.2) is 24.1 Å². The van der Waals surface area contributed by atoms with Gasteiger partial charge in [-0.1, -0.05) is 5.11 Å². The van der Waals surface area contributed by atoms with Crippen molar-refractivity contribution in [2.75, 3.05) is 16.4 Å². The smallest absolute Gasteiger partial charge is 0.338 e. The highest BCUT2D eigenvalue weighted by molar-refractivity contribution is 14.1. The van der Waals surface area contributed by atoms with Crippen molar-refractivity contribution in [3.63, 3.8) is 0 Å². The Morgan fingerprint density at radius 3 is 3.20 bits per heavy atom. The Balaban J connectivity index is 2.24. The van der Waals surface area contributed by atoms with Gasteiger partial charge in [0.2, 0.25) is 0 Å². The van der Waals surface area contributed by atoms with Crippen LogP contribution in [0.25, 0.3) is 10.4 Å². The maximum atomic E-state index is 12.0. The van der Waals surface area contributed by atoms with Crippen molar-refractivity contribution in [2.24, 2.45) is 10.3 Å². The first-order valence-corrected chi connectivity index (χ1v) is 6.38. The van der Waals surface area contributed by atoms with Crippen molar-refractivity contribution in [1.82, 2.24) is 10.4 Å². The Labute approximate surface area is 126 Å². The molecule has 0 bridgehead atoms. The second kappa shape index (κ2) is 6.45. The number of carbonyl (C=O) groups is 1. The zero-order valence-corrected chi connectivity index (χ0v) is 12.1. The van der Waals surface area contributed by atoms with Gasteiger partial charge in [0.1, 0.15) is 0 Å². The van der Waals surface area contributed by atoms with Crippen LogP contribution < -0.4 is 8.65 Å². The summed E-state index contributed by atoms with van der Waals surface area (Å²) < 4.78 is 6.53. The lowest BCUT2D eigenvalue weighted by Crippen LogP contribution is -2.20. The molecule has 0 atom stereocenters. The molecule has 2 rings (SSSR count). The summed E-state index contributed by atoms with van der Waals surface area (Å²) in [6.07, 6.45) is 0. The molecule has 1 aromatic heterocycles. The molecule has 10 nitrogen and oxygen atoms in total. The second-order valence-electron chi connectivity index (χ2n) is 3.63. The van der Waals surface area contributed by atoms with Crippen LogP contribution in [0.4, 0.5) is 11.6 Å². The highest BCUT2D eigenvalue weighted by atomic mass is 127. The first kappa shape index (κ1) is 14.4. The van der Waals surface area contributed by atoms with E-state index in [9.17, 15) is 9.70 Å². The third-order valence-electron chi connectivity index (χ3n) is 2.47. The number of nitroso groups, excluding NO2 is 1. The van der Waals surface area contributed by atoms with E-state index in [2.05, 4.69) is 25.6 Å². The Hall–Kier alpha value is -1.98. The zero-order valence-electron chi connectivity index (χ0n) is 9.98. The number of hydrogen-bond acceptors (Lipinski definition) is 8. The number of nitrogens with one attached hydrogen (secondary N) is 1. The van der Waals surface area contributed by atoms with Gasteiger partial charge in [0.15, 0.2) is 11.6 Å². The van der Waals surface area contributed by atoms with Gasteiger partial charge in [0.05, 0.1) is 41.6 Å². The summed E-state index contributed by atoms with van der Waals surface area (Å²) in [6, 6.07) is 1.28. The number of azide groups is 1. The molecule has 11 heteroatoms. The SMILES string of the molecule is [N-]=[N+]=NCCOC(=O)c1cc(N=O)nc2c1CNN2I. The van der Waals surface area contributed by atoms with Gasteiger partial charge in [-0.05, 0) is 10.7 Å². The number of nitrogens with zero attached hydrogens (tertiary/aromatic N) is 6. The van der Waals surface area contributed by atoms with Crippen LogP contribution in [0.1, 0.15) is 15.9 Å². The number of hydrazine groups is 1. The Morgan fingerprint density at radius 1 is 1.70 bits per heavy atom.